The van der Waals surface area contributed by atoms with Gasteiger partial charge in [-0.15, -0.1) is 0 Å². The van der Waals surface area contributed by atoms with Crippen molar-refractivity contribution in [3.8, 4) is 0 Å². The zero-order valence-electron chi connectivity index (χ0n) is 10.1. The third-order valence-corrected chi connectivity index (χ3v) is 3.69. The number of benzene rings is 1. The number of carbonyl (C=O) groups is 1. The monoisotopic (exact) mass is 339 g/mol. The van der Waals surface area contributed by atoms with Crippen molar-refractivity contribution in [2.45, 2.75) is 6.92 Å². The van der Waals surface area contributed by atoms with Crippen LogP contribution in [0.25, 0.3) is 0 Å². The Hall–Kier alpha value is -1.59. The van der Waals surface area contributed by atoms with Gasteiger partial charge in [-0.3, -0.25) is 4.79 Å². The van der Waals surface area contributed by atoms with Crippen LogP contribution in [-0.4, -0.2) is 10.9 Å². The largest absolute Gasteiger partial charge is 0.398 e. The predicted molar refractivity (Wildman–Crippen MR) is 80.5 cm³/mol. The van der Waals surface area contributed by atoms with Crippen molar-refractivity contribution in [3.05, 3.63) is 51.1 Å². The first-order valence-electron chi connectivity index (χ1n) is 5.47. The second-order valence-corrected chi connectivity index (χ2v) is 5.18. The molecule has 0 aliphatic carbocycles. The van der Waals surface area contributed by atoms with Crippen molar-refractivity contribution < 1.29 is 4.79 Å². The molecule has 1 amide bonds. The number of hydrogen-bond acceptors (Lipinski definition) is 3. The van der Waals surface area contributed by atoms with Gasteiger partial charge in [-0.1, -0.05) is 17.7 Å². The molecule has 0 radical (unpaired) electrons. The summed E-state index contributed by atoms with van der Waals surface area (Å²) in [5.74, 6) is 0.0716. The summed E-state index contributed by atoms with van der Waals surface area (Å²) in [4.78, 5) is 16.4. The number of amides is 1. The zero-order chi connectivity index (χ0) is 14.0. The number of nitrogens with zero attached hydrogens (tertiary/aromatic N) is 1. The molecule has 0 aliphatic rings. The van der Waals surface area contributed by atoms with E-state index in [1.807, 2.05) is 13.0 Å². The second-order valence-electron chi connectivity index (χ2n) is 3.92. The highest BCUT2D eigenvalue weighted by Gasteiger charge is 2.14. The number of anilines is 2. The summed E-state index contributed by atoms with van der Waals surface area (Å²) in [6.45, 7) is 1.84. The molecule has 1 aromatic carbocycles. The third kappa shape index (κ3) is 3.05. The molecule has 98 valence electrons. The molecule has 0 saturated heterocycles. The highest BCUT2D eigenvalue weighted by molar-refractivity contribution is 9.10. The van der Waals surface area contributed by atoms with Crippen LogP contribution in [-0.2, 0) is 0 Å². The topological polar surface area (TPSA) is 68.0 Å². The van der Waals surface area contributed by atoms with Crippen molar-refractivity contribution in [1.82, 2.24) is 4.98 Å². The fourth-order valence-electron chi connectivity index (χ4n) is 1.57. The molecule has 0 atom stereocenters. The molecule has 2 rings (SSSR count). The summed E-state index contributed by atoms with van der Waals surface area (Å²) >= 11 is 9.33. The van der Waals surface area contributed by atoms with E-state index in [2.05, 4.69) is 26.2 Å². The highest BCUT2D eigenvalue weighted by atomic mass is 79.9. The predicted octanol–water partition coefficient (Wildman–Crippen LogP) is 3.64. The van der Waals surface area contributed by atoms with Crippen molar-refractivity contribution >= 4 is 44.9 Å². The summed E-state index contributed by atoms with van der Waals surface area (Å²) in [7, 11) is 0. The van der Waals surface area contributed by atoms with Gasteiger partial charge in [-0.25, -0.2) is 4.98 Å². The summed E-state index contributed by atoms with van der Waals surface area (Å²) in [5, 5.41) is 2.98. The van der Waals surface area contributed by atoms with Crippen LogP contribution in [0.2, 0.25) is 5.02 Å². The molecule has 0 fully saturated rings. The van der Waals surface area contributed by atoms with E-state index < -0.39 is 0 Å². The first-order valence-corrected chi connectivity index (χ1v) is 6.64. The van der Waals surface area contributed by atoms with Crippen LogP contribution in [0, 0.1) is 6.92 Å². The molecule has 1 aromatic heterocycles. The lowest BCUT2D eigenvalue weighted by molar-refractivity contribution is 0.102. The van der Waals surface area contributed by atoms with Crippen LogP contribution in [0.3, 0.4) is 0 Å². The lowest BCUT2D eigenvalue weighted by Crippen LogP contribution is -2.15. The van der Waals surface area contributed by atoms with Crippen molar-refractivity contribution in [2.75, 3.05) is 11.1 Å². The first kappa shape index (κ1) is 13.8. The van der Waals surface area contributed by atoms with Crippen LogP contribution in [0.15, 0.2) is 34.8 Å². The number of pyridine rings is 1. The minimum absolute atomic E-state index is 0.256. The van der Waals surface area contributed by atoms with Gasteiger partial charge in [0.2, 0.25) is 0 Å². The molecule has 0 saturated carbocycles. The summed E-state index contributed by atoms with van der Waals surface area (Å²) in [5.41, 5.74) is 7.13. The van der Waals surface area contributed by atoms with E-state index in [0.717, 1.165) is 10.2 Å². The number of nitrogens with one attached hydrogen (secondary N) is 1. The molecule has 0 unspecified atom stereocenters. The maximum Gasteiger partial charge on any atom is 0.260 e. The molecule has 0 aliphatic heterocycles. The quantitative estimate of drug-likeness (QED) is 0.820. The molecule has 0 bridgehead atoms. The Bertz CT molecular complexity index is 626. The lowest BCUT2D eigenvalue weighted by Gasteiger charge is -2.09. The Labute approximate surface area is 124 Å². The highest BCUT2D eigenvalue weighted by Crippen LogP contribution is 2.23. The summed E-state index contributed by atoms with van der Waals surface area (Å²) in [6.07, 6.45) is 0. The van der Waals surface area contributed by atoms with Crippen LogP contribution < -0.4 is 11.1 Å². The average Bonchev–Trinajstić information content (AvgIpc) is 2.33. The molecule has 0 spiro atoms. The fraction of sp³-hybridized carbons (Fsp3) is 0.0769. The number of aromatic nitrogens is 1. The summed E-state index contributed by atoms with van der Waals surface area (Å²) in [6, 6.07) is 8.44. The Balaban J connectivity index is 2.28. The van der Waals surface area contributed by atoms with Crippen molar-refractivity contribution in [2.24, 2.45) is 0 Å². The average molecular weight is 341 g/mol. The number of hydrogen-bond donors (Lipinski definition) is 2. The normalized spacial score (nSPS) is 10.3. The molecular formula is C13H11BrClN3O. The SMILES string of the molecule is Cc1nc(NC(=O)c2c(N)cccc2Cl)ccc1Br. The number of aryl methyl sites for hydroxylation is 1. The van der Waals surface area contributed by atoms with E-state index in [-0.39, 0.29) is 11.5 Å². The first-order chi connectivity index (χ1) is 8.99. The van der Waals surface area contributed by atoms with Gasteiger partial charge in [0.15, 0.2) is 0 Å². The molecule has 1 heterocycles. The zero-order valence-corrected chi connectivity index (χ0v) is 12.4. The Morgan fingerprint density at radius 2 is 2.11 bits per heavy atom. The molecule has 6 heteroatoms. The van der Waals surface area contributed by atoms with Gasteiger partial charge in [0.1, 0.15) is 5.82 Å². The third-order valence-electron chi connectivity index (χ3n) is 2.54. The van der Waals surface area contributed by atoms with Gasteiger partial charge in [0.25, 0.3) is 5.91 Å². The smallest absolute Gasteiger partial charge is 0.260 e. The van der Waals surface area contributed by atoms with Gasteiger partial charge < -0.3 is 11.1 Å². The minimum atomic E-state index is -0.377. The van der Waals surface area contributed by atoms with Crippen LogP contribution in [0.4, 0.5) is 11.5 Å². The number of nitrogen functional groups attached to an aromatic ring is 1. The second kappa shape index (κ2) is 5.59. The number of nitrogens with two attached hydrogens (primary N) is 1. The van der Waals surface area contributed by atoms with Gasteiger partial charge in [-0.2, -0.15) is 0 Å². The van der Waals surface area contributed by atoms with E-state index >= 15 is 0 Å². The maximum absolute atomic E-state index is 12.1. The minimum Gasteiger partial charge on any atom is -0.398 e. The number of halogens is 2. The lowest BCUT2D eigenvalue weighted by atomic mass is 10.1. The van der Waals surface area contributed by atoms with E-state index in [0.29, 0.717) is 16.5 Å². The summed E-state index contributed by atoms with van der Waals surface area (Å²) < 4.78 is 0.878. The van der Waals surface area contributed by atoms with E-state index in [1.165, 1.54) is 0 Å². The molecule has 2 aromatic rings. The molecule has 19 heavy (non-hydrogen) atoms. The van der Waals surface area contributed by atoms with Gasteiger partial charge in [-0.05, 0) is 47.1 Å². The maximum atomic E-state index is 12.1. The van der Waals surface area contributed by atoms with Crippen LogP contribution in [0.1, 0.15) is 16.1 Å². The Kier molecular flexibility index (Phi) is 4.07. The number of carbonyl (C=O) groups excluding carboxylic acids is 1. The van der Waals surface area contributed by atoms with Gasteiger partial charge in [0, 0.05) is 10.2 Å². The molecule has 4 nitrogen and oxygen atoms in total. The molecule has 3 N–H and O–H groups in total. The van der Waals surface area contributed by atoms with Crippen molar-refractivity contribution in [3.63, 3.8) is 0 Å². The Morgan fingerprint density at radius 1 is 1.37 bits per heavy atom. The van der Waals surface area contributed by atoms with Gasteiger partial charge >= 0.3 is 0 Å². The number of rotatable bonds is 2. The van der Waals surface area contributed by atoms with E-state index in [9.17, 15) is 4.79 Å². The van der Waals surface area contributed by atoms with E-state index in [4.69, 9.17) is 17.3 Å². The van der Waals surface area contributed by atoms with Crippen molar-refractivity contribution in [1.29, 1.82) is 0 Å². The Morgan fingerprint density at radius 3 is 2.74 bits per heavy atom. The van der Waals surface area contributed by atoms with Gasteiger partial charge in [0.05, 0.1) is 16.3 Å². The fourth-order valence-corrected chi connectivity index (χ4v) is 2.06. The molecular weight excluding hydrogens is 330 g/mol. The van der Waals surface area contributed by atoms with Crippen LogP contribution >= 0.6 is 27.5 Å². The van der Waals surface area contributed by atoms with Crippen LogP contribution in [0.5, 0.6) is 0 Å². The standard InChI is InChI=1S/C13H11BrClN3O/c1-7-8(14)5-6-11(17-7)18-13(19)12-9(15)3-2-4-10(12)16/h2-6H,16H2,1H3,(H,17,18,19). The van der Waals surface area contributed by atoms with E-state index in [1.54, 1.807) is 24.3 Å².